The quantitative estimate of drug-likeness (QED) is 0.734. The Balaban J connectivity index is 2.35. The van der Waals surface area contributed by atoms with Gasteiger partial charge in [-0.1, -0.05) is 0 Å². The van der Waals surface area contributed by atoms with Crippen LogP contribution >= 0.6 is 0 Å². The highest BCUT2D eigenvalue weighted by molar-refractivity contribution is 5.66. The Labute approximate surface area is 124 Å². The molecule has 0 radical (unpaired) electrons. The summed E-state index contributed by atoms with van der Waals surface area (Å²) in [7, 11) is 0. The third-order valence-electron chi connectivity index (χ3n) is 3.16. The Kier molecular flexibility index (Phi) is 3.05. The predicted molar refractivity (Wildman–Crippen MR) is 76.2 cm³/mol. The molecule has 0 aliphatic heterocycles. The molecule has 9 heteroatoms. The molecule has 0 saturated heterocycles. The Hall–Kier alpha value is -2.97. The van der Waals surface area contributed by atoms with Crippen LogP contribution in [0.1, 0.15) is 17.1 Å². The monoisotopic (exact) mass is 302 g/mol. The lowest BCUT2D eigenvalue weighted by atomic mass is 10.4. The van der Waals surface area contributed by atoms with E-state index in [4.69, 9.17) is 5.11 Å². The van der Waals surface area contributed by atoms with Crippen molar-refractivity contribution in [3.05, 3.63) is 39.7 Å². The van der Waals surface area contributed by atoms with E-state index in [2.05, 4.69) is 15.2 Å². The van der Waals surface area contributed by atoms with Crippen molar-refractivity contribution in [1.29, 1.82) is 0 Å². The standard InChI is InChI=1S/C13H14N6O3/c1-7-5-10-16-17(6-11(20)21)13(22)18(10)12(14-7)19-9(3)4-8(2)15-19/h4-5H,6H2,1-3H3,(H,20,21). The maximum atomic E-state index is 12.4. The number of rotatable bonds is 3. The van der Waals surface area contributed by atoms with E-state index < -0.39 is 18.2 Å². The van der Waals surface area contributed by atoms with E-state index >= 15 is 0 Å². The topological polar surface area (TPSA) is 107 Å². The van der Waals surface area contributed by atoms with Gasteiger partial charge in [0.05, 0.1) is 5.69 Å². The summed E-state index contributed by atoms with van der Waals surface area (Å²) in [6.45, 7) is 4.96. The van der Waals surface area contributed by atoms with Gasteiger partial charge in [0.15, 0.2) is 5.65 Å². The zero-order valence-electron chi connectivity index (χ0n) is 12.3. The van der Waals surface area contributed by atoms with Gasteiger partial charge in [0, 0.05) is 17.5 Å². The molecule has 0 spiro atoms. The van der Waals surface area contributed by atoms with E-state index in [-0.39, 0.29) is 0 Å². The molecular weight excluding hydrogens is 288 g/mol. The molecular formula is C13H14N6O3. The molecule has 0 bridgehead atoms. The molecule has 3 rings (SSSR count). The molecule has 1 N–H and O–H groups in total. The van der Waals surface area contributed by atoms with Crippen molar-refractivity contribution in [2.24, 2.45) is 0 Å². The number of fused-ring (bicyclic) bond motifs is 1. The molecule has 3 aromatic rings. The van der Waals surface area contributed by atoms with Gasteiger partial charge in [0.25, 0.3) is 0 Å². The fraction of sp³-hybridized carbons (Fsp3) is 0.308. The average Bonchev–Trinajstić information content (AvgIpc) is 2.89. The number of hydrogen-bond acceptors (Lipinski definition) is 5. The van der Waals surface area contributed by atoms with E-state index in [1.165, 1.54) is 4.40 Å². The number of aryl methyl sites for hydroxylation is 3. The first kappa shape index (κ1) is 14.0. The molecule has 0 aliphatic carbocycles. The largest absolute Gasteiger partial charge is 0.480 e. The van der Waals surface area contributed by atoms with E-state index in [1.54, 1.807) is 17.7 Å². The van der Waals surface area contributed by atoms with Crippen molar-refractivity contribution in [1.82, 2.24) is 28.9 Å². The minimum absolute atomic E-state index is 0.294. The molecule has 0 unspecified atom stereocenters. The van der Waals surface area contributed by atoms with Gasteiger partial charge < -0.3 is 5.11 Å². The van der Waals surface area contributed by atoms with E-state index in [1.807, 2.05) is 19.9 Å². The van der Waals surface area contributed by atoms with Gasteiger partial charge in [-0.05, 0) is 26.8 Å². The molecule has 0 aromatic carbocycles. The Morgan fingerprint density at radius 1 is 1.18 bits per heavy atom. The second-order valence-electron chi connectivity index (χ2n) is 5.06. The number of carbonyl (C=O) groups is 1. The number of aliphatic carboxylic acids is 1. The summed E-state index contributed by atoms with van der Waals surface area (Å²) < 4.78 is 3.70. The van der Waals surface area contributed by atoms with Crippen LogP contribution < -0.4 is 5.69 Å². The summed E-state index contributed by atoms with van der Waals surface area (Å²) >= 11 is 0. The van der Waals surface area contributed by atoms with Crippen LogP contribution in [0.2, 0.25) is 0 Å². The van der Waals surface area contributed by atoms with Gasteiger partial charge in [-0.15, -0.1) is 5.10 Å². The molecule has 3 aromatic heterocycles. The molecule has 0 atom stereocenters. The van der Waals surface area contributed by atoms with E-state index in [0.717, 1.165) is 16.1 Å². The fourth-order valence-electron chi connectivity index (χ4n) is 2.34. The zero-order chi connectivity index (χ0) is 16.0. The lowest BCUT2D eigenvalue weighted by molar-refractivity contribution is -0.137. The molecule has 0 amide bonds. The van der Waals surface area contributed by atoms with E-state index in [9.17, 15) is 9.59 Å². The maximum Gasteiger partial charge on any atom is 0.353 e. The van der Waals surface area contributed by atoms with Gasteiger partial charge in [0.2, 0.25) is 5.95 Å². The molecule has 3 heterocycles. The first-order valence-electron chi connectivity index (χ1n) is 6.59. The SMILES string of the molecule is Cc1cc2nn(CC(=O)O)c(=O)n2c(-n2nc(C)cc2C)n1. The average molecular weight is 302 g/mol. The highest BCUT2D eigenvalue weighted by Gasteiger charge is 2.17. The van der Waals surface area contributed by atoms with Crippen LogP contribution in [0.4, 0.5) is 0 Å². The van der Waals surface area contributed by atoms with Crippen LogP contribution in [0, 0.1) is 20.8 Å². The van der Waals surface area contributed by atoms with Gasteiger partial charge in [-0.3, -0.25) is 4.79 Å². The number of nitrogens with zero attached hydrogens (tertiary/aromatic N) is 6. The normalized spacial score (nSPS) is 11.2. The lowest BCUT2D eigenvalue weighted by Crippen LogP contribution is -2.27. The number of aromatic nitrogens is 6. The van der Waals surface area contributed by atoms with Crippen LogP contribution in [0.5, 0.6) is 0 Å². The minimum atomic E-state index is -1.14. The van der Waals surface area contributed by atoms with Crippen molar-refractivity contribution in [2.45, 2.75) is 27.3 Å². The molecule has 0 fully saturated rings. The number of hydrogen-bond donors (Lipinski definition) is 1. The first-order valence-corrected chi connectivity index (χ1v) is 6.59. The van der Waals surface area contributed by atoms with Crippen molar-refractivity contribution < 1.29 is 9.90 Å². The van der Waals surface area contributed by atoms with Gasteiger partial charge in [-0.25, -0.2) is 23.5 Å². The van der Waals surface area contributed by atoms with E-state index in [0.29, 0.717) is 17.3 Å². The van der Waals surface area contributed by atoms with Crippen molar-refractivity contribution in [3.63, 3.8) is 0 Å². The molecule has 0 saturated carbocycles. The molecule has 0 aliphatic rings. The highest BCUT2D eigenvalue weighted by Crippen LogP contribution is 2.11. The third-order valence-corrected chi connectivity index (χ3v) is 3.16. The molecule has 22 heavy (non-hydrogen) atoms. The zero-order valence-corrected chi connectivity index (χ0v) is 12.3. The smallest absolute Gasteiger partial charge is 0.353 e. The molecule has 9 nitrogen and oxygen atoms in total. The maximum absolute atomic E-state index is 12.4. The van der Waals surface area contributed by atoms with Gasteiger partial charge in [-0.2, -0.15) is 5.10 Å². The second kappa shape index (κ2) is 4.79. The van der Waals surface area contributed by atoms with Crippen LogP contribution in [-0.4, -0.2) is 40.0 Å². The van der Waals surface area contributed by atoms with Crippen LogP contribution in [-0.2, 0) is 11.3 Å². The van der Waals surface area contributed by atoms with Gasteiger partial charge in [0.1, 0.15) is 6.54 Å². The third kappa shape index (κ3) is 2.16. The summed E-state index contributed by atoms with van der Waals surface area (Å²) in [5.41, 5.74) is 2.03. The molecule has 114 valence electrons. The highest BCUT2D eigenvalue weighted by atomic mass is 16.4. The van der Waals surface area contributed by atoms with Crippen LogP contribution in [0.3, 0.4) is 0 Å². The van der Waals surface area contributed by atoms with Crippen LogP contribution in [0.15, 0.2) is 16.9 Å². The summed E-state index contributed by atoms with van der Waals surface area (Å²) in [6.07, 6.45) is 0. The fourth-order valence-corrected chi connectivity index (χ4v) is 2.34. The van der Waals surface area contributed by atoms with Crippen molar-refractivity contribution in [2.75, 3.05) is 0 Å². The minimum Gasteiger partial charge on any atom is -0.480 e. The van der Waals surface area contributed by atoms with Crippen molar-refractivity contribution >= 4 is 11.6 Å². The predicted octanol–water partition coefficient (Wildman–Crippen LogP) is 0.0866. The summed E-state index contributed by atoms with van der Waals surface area (Å²) in [4.78, 5) is 27.6. The Morgan fingerprint density at radius 2 is 1.91 bits per heavy atom. The Morgan fingerprint density at radius 3 is 2.50 bits per heavy atom. The second-order valence-corrected chi connectivity index (χ2v) is 5.06. The van der Waals surface area contributed by atoms with Gasteiger partial charge >= 0.3 is 11.7 Å². The van der Waals surface area contributed by atoms with Crippen molar-refractivity contribution in [3.8, 4) is 5.95 Å². The summed E-state index contributed by atoms with van der Waals surface area (Å²) in [5, 5.41) is 17.2. The number of carboxylic acid groups (broad SMARTS) is 1. The Bertz CT molecular complexity index is 949. The van der Waals surface area contributed by atoms with Crippen LogP contribution in [0.25, 0.3) is 11.6 Å². The summed E-state index contributed by atoms with van der Waals surface area (Å²) in [6, 6.07) is 3.48. The lowest BCUT2D eigenvalue weighted by Gasteiger charge is -2.06. The first-order chi connectivity index (χ1) is 10.4. The summed E-state index contributed by atoms with van der Waals surface area (Å²) in [5.74, 6) is -0.843. The number of carboxylic acids is 1.